The van der Waals surface area contributed by atoms with Gasteiger partial charge in [0.2, 0.25) is 11.6 Å². The Balaban J connectivity index is 1.71. The Morgan fingerprint density at radius 3 is 2.60 bits per heavy atom. The third kappa shape index (κ3) is 3.52. The summed E-state index contributed by atoms with van der Waals surface area (Å²) in [5.41, 5.74) is 0.845. The molecule has 0 N–H and O–H groups in total. The maximum absolute atomic E-state index is 12.9. The first-order valence-electron chi connectivity index (χ1n) is 8.20. The number of carbonyl (C=O) groups is 3. The number of likely N-dealkylation sites (N-methyl/N-ethyl adjacent to an activating group) is 1. The molecule has 1 aromatic heterocycles. The normalized spacial score (nSPS) is 17.8. The molecule has 0 aliphatic carbocycles. The second kappa shape index (κ2) is 7.01. The van der Waals surface area contributed by atoms with Gasteiger partial charge < -0.3 is 9.32 Å². The van der Waals surface area contributed by atoms with Gasteiger partial charge in [0, 0.05) is 19.5 Å². The Kier molecular flexibility index (Phi) is 4.79. The standard InChI is InChI=1S/C19H18FNO4/c1-2-21-10-9-15(18(23)19(21)24)17(22)16-8-7-14(25-16)11-12-3-5-13(20)6-4-12/h3-8,15H,2,9-11H2,1H3. The van der Waals surface area contributed by atoms with E-state index in [0.29, 0.717) is 31.7 Å². The first-order valence-corrected chi connectivity index (χ1v) is 8.20. The van der Waals surface area contributed by atoms with Crippen molar-refractivity contribution in [3.05, 3.63) is 59.3 Å². The van der Waals surface area contributed by atoms with Crippen LogP contribution in [0.5, 0.6) is 0 Å². The van der Waals surface area contributed by atoms with Gasteiger partial charge in [-0.05, 0) is 43.2 Å². The predicted octanol–water partition coefficient (Wildman–Crippen LogP) is 2.63. The highest BCUT2D eigenvalue weighted by Crippen LogP contribution is 2.22. The lowest BCUT2D eigenvalue weighted by Gasteiger charge is -2.28. The van der Waals surface area contributed by atoms with E-state index >= 15 is 0 Å². The summed E-state index contributed by atoms with van der Waals surface area (Å²) >= 11 is 0. The van der Waals surface area contributed by atoms with Crippen LogP contribution in [0.25, 0.3) is 0 Å². The van der Waals surface area contributed by atoms with Crippen molar-refractivity contribution in [3.8, 4) is 0 Å². The molecule has 25 heavy (non-hydrogen) atoms. The van der Waals surface area contributed by atoms with Gasteiger partial charge in [-0.15, -0.1) is 0 Å². The molecule has 1 amide bonds. The fourth-order valence-corrected chi connectivity index (χ4v) is 2.95. The number of Topliss-reactive ketones (excluding diaryl/α,β-unsaturated/α-hetero) is 2. The highest BCUT2D eigenvalue weighted by atomic mass is 19.1. The van der Waals surface area contributed by atoms with E-state index in [2.05, 4.69) is 0 Å². The van der Waals surface area contributed by atoms with Crippen molar-refractivity contribution >= 4 is 17.5 Å². The molecular formula is C19H18FNO4. The molecule has 1 fully saturated rings. The van der Waals surface area contributed by atoms with Gasteiger partial charge in [-0.25, -0.2) is 4.39 Å². The van der Waals surface area contributed by atoms with E-state index in [1.807, 2.05) is 0 Å². The van der Waals surface area contributed by atoms with E-state index in [1.165, 1.54) is 23.1 Å². The summed E-state index contributed by atoms with van der Waals surface area (Å²) in [5.74, 6) is -2.41. The second-order valence-electron chi connectivity index (χ2n) is 6.02. The number of ketones is 2. The summed E-state index contributed by atoms with van der Waals surface area (Å²) < 4.78 is 18.5. The van der Waals surface area contributed by atoms with Gasteiger partial charge in [0.15, 0.2) is 5.76 Å². The number of amides is 1. The van der Waals surface area contributed by atoms with Crippen molar-refractivity contribution in [2.45, 2.75) is 19.8 Å². The number of rotatable bonds is 5. The van der Waals surface area contributed by atoms with Crippen molar-refractivity contribution in [2.24, 2.45) is 5.92 Å². The number of carbonyl (C=O) groups excluding carboxylic acids is 3. The molecular weight excluding hydrogens is 325 g/mol. The Labute approximate surface area is 144 Å². The molecule has 2 heterocycles. The molecule has 6 heteroatoms. The van der Waals surface area contributed by atoms with E-state index in [9.17, 15) is 18.8 Å². The number of likely N-dealkylation sites (tertiary alicyclic amines) is 1. The fraction of sp³-hybridized carbons (Fsp3) is 0.316. The van der Waals surface area contributed by atoms with Crippen LogP contribution in [-0.4, -0.2) is 35.5 Å². The molecule has 0 bridgehead atoms. The topological polar surface area (TPSA) is 67.6 Å². The van der Waals surface area contributed by atoms with E-state index in [4.69, 9.17) is 4.42 Å². The zero-order valence-electron chi connectivity index (χ0n) is 13.8. The van der Waals surface area contributed by atoms with E-state index in [0.717, 1.165) is 5.56 Å². The van der Waals surface area contributed by atoms with Gasteiger partial charge in [0.05, 0.1) is 5.92 Å². The van der Waals surface area contributed by atoms with Crippen LogP contribution >= 0.6 is 0 Å². The van der Waals surface area contributed by atoms with Gasteiger partial charge in [-0.2, -0.15) is 0 Å². The SMILES string of the molecule is CCN1CCC(C(=O)c2ccc(Cc3ccc(F)cc3)o2)C(=O)C1=O. The number of furan rings is 1. The minimum absolute atomic E-state index is 0.0770. The fourth-order valence-electron chi connectivity index (χ4n) is 2.95. The number of hydrogen-bond acceptors (Lipinski definition) is 4. The number of benzene rings is 1. The summed E-state index contributed by atoms with van der Waals surface area (Å²) in [4.78, 5) is 38.1. The summed E-state index contributed by atoms with van der Waals surface area (Å²) in [5, 5.41) is 0. The van der Waals surface area contributed by atoms with Crippen LogP contribution < -0.4 is 0 Å². The van der Waals surface area contributed by atoms with Crippen LogP contribution in [0.4, 0.5) is 4.39 Å². The molecule has 5 nitrogen and oxygen atoms in total. The minimum Gasteiger partial charge on any atom is -0.458 e. The Morgan fingerprint density at radius 1 is 1.20 bits per heavy atom. The molecule has 1 saturated heterocycles. The van der Waals surface area contributed by atoms with Crippen LogP contribution in [0.15, 0.2) is 40.8 Å². The number of hydrogen-bond donors (Lipinski definition) is 0. The van der Waals surface area contributed by atoms with Crippen LogP contribution in [0.3, 0.4) is 0 Å². The van der Waals surface area contributed by atoms with Gasteiger partial charge in [-0.3, -0.25) is 14.4 Å². The highest BCUT2D eigenvalue weighted by Gasteiger charge is 2.39. The highest BCUT2D eigenvalue weighted by molar-refractivity contribution is 6.41. The Bertz CT molecular complexity index is 809. The Morgan fingerprint density at radius 2 is 1.92 bits per heavy atom. The van der Waals surface area contributed by atoms with Crippen molar-refractivity contribution in [2.75, 3.05) is 13.1 Å². The van der Waals surface area contributed by atoms with Crippen LogP contribution in [-0.2, 0) is 16.0 Å². The van der Waals surface area contributed by atoms with Crippen LogP contribution in [0.1, 0.15) is 35.2 Å². The van der Waals surface area contributed by atoms with E-state index < -0.39 is 23.4 Å². The molecule has 1 aliphatic rings. The molecule has 2 aromatic rings. The minimum atomic E-state index is -0.972. The smallest absolute Gasteiger partial charge is 0.290 e. The molecule has 0 radical (unpaired) electrons. The lowest BCUT2D eigenvalue weighted by molar-refractivity contribution is -0.148. The van der Waals surface area contributed by atoms with Gasteiger partial charge >= 0.3 is 0 Å². The predicted molar refractivity (Wildman–Crippen MR) is 87.6 cm³/mol. The van der Waals surface area contributed by atoms with Crippen LogP contribution in [0, 0.1) is 11.7 Å². The zero-order valence-corrected chi connectivity index (χ0v) is 13.8. The van der Waals surface area contributed by atoms with Crippen molar-refractivity contribution in [3.63, 3.8) is 0 Å². The van der Waals surface area contributed by atoms with Crippen LogP contribution in [0.2, 0.25) is 0 Å². The molecule has 1 aromatic carbocycles. The second-order valence-corrected chi connectivity index (χ2v) is 6.02. The summed E-state index contributed by atoms with van der Waals surface area (Å²) in [6.07, 6.45) is 0.722. The lowest BCUT2D eigenvalue weighted by atomic mass is 9.89. The average molecular weight is 343 g/mol. The third-order valence-electron chi connectivity index (χ3n) is 4.40. The van der Waals surface area contributed by atoms with E-state index in [-0.39, 0.29) is 11.6 Å². The number of nitrogens with zero attached hydrogens (tertiary/aromatic N) is 1. The molecule has 3 rings (SSSR count). The first kappa shape index (κ1) is 17.1. The number of piperidine rings is 1. The largest absolute Gasteiger partial charge is 0.458 e. The van der Waals surface area contributed by atoms with Gasteiger partial charge in [-0.1, -0.05) is 12.1 Å². The Hall–Kier alpha value is -2.76. The summed E-state index contributed by atoms with van der Waals surface area (Å²) in [7, 11) is 0. The summed E-state index contributed by atoms with van der Waals surface area (Å²) in [6, 6.07) is 9.17. The maximum atomic E-state index is 12.9. The quantitative estimate of drug-likeness (QED) is 0.475. The van der Waals surface area contributed by atoms with Crippen molar-refractivity contribution in [1.82, 2.24) is 4.90 Å². The monoisotopic (exact) mass is 343 g/mol. The maximum Gasteiger partial charge on any atom is 0.290 e. The van der Waals surface area contributed by atoms with Crippen molar-refractivity contribution in [1.29, 1.82) is 0 Å². The first-order chi connectivity index (χ1) is 12.0. The van der Waals surface area contributed by atoms with E-state index in [1.54, 1.807) is 25.1 Å². The van der Waals surface area contributed by atoms with Gasteiger partial charge in [0.25, 0.3) is 5.91 Å². The average Bonchev–Trinajstić information content (AvgIpc) is 3.07. The molecule has 1 aliphatic heterocycles. The zero-order chi connectivity index (χ0) is 18.0. The molecule has 1 unspecified atom stereocenters. The van der Waals surface area contributed by atoms with Crippen molar-refractivity contribution < 1.29 is 23.2 Å². The van der Waals surface area contributed by atoms with Gasteiger partial charge in [0.1, 0.15) is 11.6 Å². The molecule has 0 saturated carbocycles. The molecule has 130 valence electrons. The molecule has 1 atom stereocenters. The third-order valence-corrected chi connectivity index (χ3v) is 4.40. The summed E-state index contributed by atoms with van der Waals surface area (Å²) in [6.45, 7) is 2.64. The lowest BCUT2D eigenvalue weighted by Crippen LogP contribution is -2.48. The molecule has 0 spiro atoms. The number of halogens is 1.